The summed E-state index contributed by atoms with van der Waals surface area (Å²) >= 11 is 1.26. The van der Waals surface area contributed by atoms with Crippen LogP contribution in [0.4, 0.5) is 0 Å². The van der Waals surface area contributed by atoms with Gasteiger partial charge in [0.25, 0.3) is 5.91 Å². The zero-order valence-corrected chi connectivity index (χ0v) is 18.4. The highest BCUT2D eigenvalue weighted by molar-refractivity contribution is 8.00. The molecule has 0 spiro atoms. The second kappa shape index (κ2) is 10.6. The van der Waals surface area contributed by atoms with Gasteiger partial charge < -0.3 is 14.8 Å². The van der Waals surface area contributed by atoms with Crippen LogP contribution in [-0.4, -0.2) is 45.6 Å². The first-order valence-electron chi connectivity index (χ1n) is 9.78. The van der Waals surface area contributed by atoms with Crippen molar-refractivity contribution in [3.63, 3.8) is 0 Å². The lowest BCUT2D eigenvalue weighted by Crippen LogP contribution is -2.24. The number of nitrogens with zero attached hydrogens (tertiary/aromatic N) is 3. The van der Waals surface area contributed by atoms with Crippen molar-refractivity contribution in [3.05, 3.63) is 66.0 Å². The van der Waals surface area contributed by atoms with Crippen molar-refractivity contribution in [1.29, 1.82) is 0 Å². The fourth-order valence-electron chi connectivity index (χ4n) is 2.80. The molecule has 0 radical (unpaired) electrons. The minimum atomic E-state index is -0.451. The molecule has 0 unspecified atom stereocenters. The zero-order valence-electron chi connectivity index (χ0n) is 17.6. The Morgan fingerprint density at radius 1 is 1.10 bits per heavy atom. The largest absolute Gasteiger partial charge is 0.497 e. The maximum absolute atomic E-state index is 12.5. The molecule has 3 aromatic rings. The van der Waals surface area contributed by atoms with E-state index in [4.69, 9.17) is 9.47 Å². The lowest BCUT2D eigenvalue weighted by atomic mass is 10.2. The SMILES string of the molecule is CCOC(=O)[C@@H](C)Sc1nnc(CNC(=O)c2ccc(OC)cc2)n1-c1ccccc1. The maximum Gasteiger partial charge on any atom is 0.319 e. The molecule has 1 atom stereocenters. The number of thioether (sulfide) groups is 1. The number of ether oxygens (including phenoxy) is 2. The van der Waals surface area contributed by atoms with E-state index in [1.54, 1.807) is 45.2 Å². The molecule has 1 amide bonds. The minimum absolute atomic E-state index is 0.168. The van der Waals surface area contributed by atoms with E-state index in [1.165, 1.54) is 11.8 Å². The van der Waals surface area contributed by atoms with Crippen molar-refractivity contribution in [2.45, 2.75) is 30.8 Å². The van der Waals surface area contributed by atoms with Gasteiger partial charge in [0.15, 0.2) is 11.0 Å². The summed E-state index contributed by atoms with van der Waals surface area (Å²) in [6.07, 6.45) is 0. The summed E-state index contributed by atoms with van der Waals surface area (Å²) in [6.45, 7) is 4.02. The van der Waals surface area contributed by atoms with Gasteiger partial charge >= 0.3 is 5.97 Å². The quantitative estimate of drug-likeness (QED) is 0.403. The van der Waals surface area contributed by atoms with Crippen LogP contribution in [0.1, 0.15) is 30.0 Å². The van der Waals surface area contributed by atoms with Crippen LogP contribution < -0.4 is 10.1 Å². The number of carbonyl (C=O) groups excluding carboxylic acids is 2. The molecule has 8 nitrogen and oxygen atoms in total. The minimum Gasteiger partial charge on any atom is -0.497 e. The van der Waals surface area contributed by atoms with Gasteiger partial charge in [-0.25, -0.2) is 0 Å². The highest BCUT2D eigenvalue weighted by Gasteiger charge is 2.22. The van der Waals surface area contributed by atoms with Gasteiger partial charge in [0.2, 0.25) is 0 Å². The lowest BCUT2D eigenvalue weighted by molar-refractivity contribution is -0.142. The molecule has 3 rings (SSSR count). The number of rotatable bonds is 9. The third-order valence-electron chi connectivity index (χ3n) is 4.37. The number of hydrogen-bond acceptors (Lipinski definition) is 7. The van der Waals surface area contributed by atoms with Crippen LogP contribution in [-0.2, 0) is 16.1 Å². The van der Waals surface area contributed by atoms with Crippen LogP contribution in [0, 0.1) is 0 Å². The van der Waals surface area contributed by atoms with Crippen molar-refractivity contribution in [1.82, 2.24) is 20.1 Å². The Hall–Kier alpha value is -3.33. The van der Waals surface area contributed by atoms with E-state index in [9.17, 15) is 9.59 Å². The van der Waals surface area contributed by atoms with E-state index in [-0.39, 0.29) is 18.4 Å². The number of benzene rings is 2. The van der Waals surface area contributed by atoms with Crippen molar-refractivity contribution in [2.75, 3.05) is 13.7 Å². The average Bonchev–Trinajstić information content (AvgIpc) is 3.20. The van der Waals surface area contributed by atoms with E-state index in [0.29, 0.717) is 28.9 Å². The van der Waals surface area contributed by atoms with Gasteiger partial charge in [-0.1, -0.05) is 30.0 Å². The molecule has 0 aliphatic heterocycles. The van der Waals surface area contributed by atoms with Crippen molar-refractivity contribution < 1.29 is 19.1 Å². The highest BCUT2D eigenvalue weighted by atomic mass is 32.2. The molecule has 0 bridgehead atoms. The summed E-state index contributed by atoms with van der Waals surface area (Å²) < 4.78 is 12.0. The normalized spacial score (nSPS) is 11.6. The Morgan fingerprint density at radius 3 is 2.45 bits per heavy atom. The van der Waals surface area contributed by atoms with Crippen LogP contribution in [0.5, 0.6) is 5.75 Å². The van der Waals surface area contributed by atoms with Crippen LogP contribution in [0.25, 0.3) is 5.69 Å². The van der Waals surface area contributed by atoms with Gasteiger partial charge in [0.05, 0.1) is 20.3 Å². The average molecular weight is 441 g/mol. The summed E-state index contributed by atoms with van der Waals surface area (Å²) in [6, 6.07) is 16.4. The van der Waals surface area contributed by atoms with Gasteiger partial charge in [-0.2, -0.15) is 0 Å². The fraction of sp³-hybridized carbons (Fsp3) is 0.273. The molecule has 1 N–H and O–H groups in total. The number of amides is 1. The molecule has 9 heteroatoms. The predicted molar refractivity (Wildman–Crippen MR) is 117 cm³/mol. The van der Waals surface area contributed by atoms with Crippen LogP contribution in [0.3, 0.4) is 0 Å². The number of esters is 1. The van der Waals surface area contributed by atoms with Crippen LogP contribution in [0.2, 0.25) is 0 Å². The summed E-state index contributed by atoms with van der Waals surface area (Å²) in [5, 5.41) is 11.5. The molecule has 31 heavy (non-hydrogen) atoms. The van der Waals surface area contributed by atoms with E-state index in [1.807, 2.05) is 34.9 Å². The topological polar surface area (TPSA) is 95.3 Å². The number of aromatic nitrogens is 3. The van der Waals surface area contributed by atoms with Gasteiger partial charge in [-0.05, 0) is 50.2 Å². The van der Waals surface area contributed by atoms with Gasteiger partial charge in [0, 0.05) is 11.3 Å². The molecular formula is C22H24N4O4S. The number of hydrogen-bond donors (Lipinski definition) is 1. The van der Waals surface area contributed by atoms with E-state index in [0.717, 1.165) is 5.69 Å². The zero-order chi connectivity index (χ0) is 22.2. The third kappa shape index (κ3) is 5.64. The lowest BCUT2D eigenvalue weighted by Gasteiger charge is -2.13. The molecular weight excluding hydrogens is 416 g/mol. The summed E-state index contributed by atoms with van der Waals surface area (Å²) in [4.78, 5) is 24.6. The van der Waals surface area contributed by atoms with Crippen molar-refractivity contribution in [3.8, 4) is 11.4 Å². The van der Waals surface area contributed by atoms with Crippen LogP contribution >= 0.6 is 11.8 Å². The predicted octanol–water partition coefficient (Wildman–Crippen LogP) is 3.25. The molecule has 1 heterocycles. The Kier molecular flexibility index (Phi) is 7.66. The molecule has 1 aromatic heterocycles. The highest BCUT2D eigenvalue weighted by Crippen LogP contribution is 2.26. The molecule has 0 aliphatic rings. The standard InChI is InChI=1S/C22H24N4O4S/c1-4-30-21(28)15(2)31-22-25-24-19(26(22)17-8-6-5-7-9-17)14-23-20(27)16-10-12-18(29-3)13-11-16/h5-13,15H,4,14H2,1-3H3,(H,23,27)/t15-/m1/s1. The number of para-hydroxylation sites is 1. The Balaban J connectivity index is 1.80. The molecule has 0 saturated carbocycles. The maximum atomic E-state index is 12.5. The molecule has 2 aromatic carbocycles. The molecule has 0 saturated heterocycles. The molecule has 0 aliphatic carbocycles. The second-order valence-electron chi connectivity index (χ2n) is 6.49. The second-order valence-corrected chi connectivity index (χ2v) is 7.80. The van der Waals surface area contributed by atoms with E-state index in [2.05, 4.69) is 15.5 Å². The summed E-state index contributed by atoms with van der Waals surface area (Å²) in [5.74, 6) is 0.674. The van der Waals surface area contributed by atoms with Gasteiger partial charge in [-0.3, -0.25) is 14.2 Å². The smallest absolute Gasteiger partial charge is 0.319 e. The number of methoxy groups -OCH3 is 1. The number of nitrogens with one attached hydrogen (secondary N) is 1. The van der Waals surface area contributed by atoms with Gasteiger partial charge in [-0.15, -0.1) is 10.2 Å². The van der Waals surface area contributed by atoms with E-state index >= 15 is 0 Å². The van der Waals surface area contributed by atoms with Crippen LogP contribution in [0.15, 0.2) is 59.8 Å². The molecule has 0 fully saturated rings. The Bertz CT molecular complexity index is 1020. The number of carbonyl (C=O) groups is 2. The molecule has 162 valence electrons. The van der Waals surface area contributed by atoms with Gasteiger partial charge in [0.1, 0.15) is 11.0 Å². The van der Waals surface area contributed by atoms with E-state index < -0.39 is 5.25 Å². The Morgan fingerprint density at radius 2 is 1.81 bits per heavy atom. The third-order valence-corrected chi connectivity index (χ3v) is 5.40. The fourth-order valence-corrected chi connectivity index (χ4v) is 3.68. The summed E-state index contributed by atoms with van der Waals surface area (Å²) in [7, 11) is 1.57. The first kappa shape index (κ1) is 22.4. The first-order chi connectivity index (χ1) is 15.0. The summed E-state index contributed by atoms with van der Waals surface area (Å²) in [5.41, 5.74) is 1.34. The monoisotopic (exact) mass is 440 g/mol. The van der Waals surface area contributed by atoms with Crippen molar-refractivity contribution >= 4 is 23.6 Å². The first-order valence-corrected chi connectivity index (χ1v) is 10.7. The Labute approximate surface area is 185 Å². The van der Waals surface area contributed by atoms with Crippen molar-refractivity contribution in [2.24, 2.45) is 0 Å².